The Morgan fingerprint density at radius 1 is 1.00 bits per heavy atom. The lowest BCUT2D eigenvalue weighted by Crippen LogP contribution is -2.13. The molecule has 4 rings (SSSR count). The van der Waals surface area contributed by atoms with Gasteiger partial charge in [0.05, 0.1) is 4.90 Å². The number of aromatic nitrogens is 4. The van der Waals surface area contributed by atoms with Crippen molar-refractivity contribution in [2.45, 2.75) is 11.8 Å². The fourth-order valence-electron chi connectivity index (χ4n) is 2.62. The fraction of sp³-hybridized carbons (Fsp3) is 0.0556. The Morgan fingerprint density at radius 3 is 2.39 bits per heavy atom. The minimum atomic E-state index is -3.79. The molecule has 10 heteroatoms. The molecule has 2 aromatic heterocycles. The third-order valence-electron chi connectivity index (χ3n) is 3.91. The molecule has 0 spiro atoms. The Morgan fingerprint density at radius 2 is 1.68 bits per heavy atom. The van der Waals surface area contributed by atoms with Crippen LogP contribution >= 0.6 is 0 Å². The summed E-state index contributed by atoms with van der Waals surface area (Å²) in [5.41, 5.74) is 1.72. The summed E-state index contributed by atoms with van der Waals surface area (Å²) in [7, 11) is -3.79. The molecule has 2 heterocycles. The molecule has 0 unspecified atom stereocenters. The van der Waals surface area contributed by atoms with Crippen LogP contribution in [0, 0.1) is 12.7 Å². The third kappa shape index (κ3) is 3.62. The predicted molar refractivity (Wildman–Crippen MR) is 102 cm³/mol. The molecule has 0 fully saturated rings. The van der Waals surface area contributed by atoms with Gasteiger partial charge in [0.2, 0.25) is 0 Å². The van der Waals surface area contributed by atoms with Gasteiger partial charge in [-0.25, -0.2) is 17.8 Å². The Bertz CT molecular complexity index is 1240. The normalized spacial score (nSPS) is 11.5. The maximum atomic E-state index is 13.0. The molecule has 2 aromatic carbocycles. The molecule has 0 bridgehead atoms. The Labute approximate surface area is 160 Å². The Balaban J connectivity index is 1.56. The highest BCUT2D eigenvalue weighted by Crippen LogP contribution is 2.21. The van der Waals surface area contributed by atoms with Gasteiger partial charge >= 0.3 is 0 Å². The maximum absolute atomic E-state index is 13.0. The van der Waals surface area contributed by atoms with Crippen molar-refractivity contribution in [1.82, 2.24) is 19.6 Å². The molecule has 2 N–H and O–H groups in total. The summed E-state index contributed by atoms with van der Waals surface area (Å²) in [5.74, 6) is 0.677. The van der Waals surface area contributed by atoms with Crippen molar-refractivity contribution in [1.29, 1.82) is 0 Å². The van der Waals surface area contributed by atoms with E-state index in [1.165, 1.54) is 42.7 Å². The Hall–Kier alpha value is -3.53. The molecule has 0 aliphatic rings. The average molecular weight is 398 g/mol. The van der Waals surface area contributed by atoms with Crippen LogP contribution in [0.3, 0.4) is 0 Å². The molecule has 0 saturated carbocycles. The highest BCUT2D eigenvalue weighted by Gasteiger charge is 2.14. The van der Waals surface area contributed by atoms with Crippen LogP contribution in [0.1, 0.15) is 5.69 Å². The number of aryl methyl sites for hydroxylation is 1. The maximum Gasteiger partial charge on any atom is 0.261 e. The smallest absolute Gasteiger partial charge is 0.261 e. The van der Waals surface area contributed by atoms with E-state index in [4.69, 9.17) is 0 Å². The highest BCUT2D eigenvalue weighted by molar-refractivity contribution is 7.92. The second kappa shape index (κ2) is 6.89. The molecule has 0 amide bonds. The van der Waals surface area contributed by atoms with Crippen molar-refractivity contribution in [3.63, 3.8) is 0 Å². The van der Waals surface area contributed by atoms with E-state index in [2.05, 4.69) is 25.1 Å². The zero-order chi connectivity index (χ0) is 19.7. The molecule has 0 saturated heterocycles. The quantitative estimate of drug-likeness (QED) is 0.536. The van der Waals surface area contributed by atoms with E-state index in [-0.39, 0.29) is 10.6 Å². The fourth-order valence-corrected chi connectivity index (χ4v) is 3.68. The van der Waals surface area contributed by atoms with Crippen LogP contribution < -0.4 is 10.0 Å². The average Bonchev–Trinajstić information content (AvgIpc) is 3.12. The van der Waals surface area contributed by atoms with E-state index in [9.17, 15) is 12.8 Å². The summed E-state index contributed by atoms with van der Waals surface area (Å²) in [4.78, 5) is 8.41. The molecule has 0 aliphatic heterocycles. The Kier molecular flexibility index (Phi) is 4.40. The van der Waals surface area contributed by atoms with Gasteiger partial charge in [0.25, 0.3) is 15.8 Å². The molecular weight excluding hydrogens is 383 g/mol. The first kappa shape index (κ1) is 17.9. The van der Waals surface area contributed by atoms with Crippen LogP contribution in [0.2, 0.25) is 0 Å². The van der Waals surface area contributed by atoms with Crippen LogP contribution in [0.4, 0.5) is 21.6 Å². The van der Waals surface area contributed by atoms with Crippen LogP contribution in [-0.4, -0.2) is 28.0 Å². The molecule has 8 nitrogen and oxygen atoms in total. The topological polar surface area (TPSA) is 101 Å². The van der Waals surface area contributed by atoms with Crippen molar-refractivity contribution in [2.75, 3.05) is 10.0 Å². The second-order valence-electron chi connectivity index (χ2n) is 6.02. The summed E-state index contributed by atoms with van der Waals surface area (Å²) in [5, 5.41) is 7.29. The summed E-state index contributed by atoms with van der Waals surface area (Å²) >= 11 is 0. The number of sulfonamides is 1. The first-order chi connectivity index (χ1) is 13.4. The largest absolute Gasteiger partial charge is 0.340 e. The number of nitrogens with zero attached hydrogens (tertiary/aromatic N) is 4. The summed E-state index contributed by atoms with van der Waals surface area (Å²) < 4.78 is 41.9. The highest BCUT2D eigenvalue weighted by atomic mass is 32.2. The van der Waals surface area contributed by atoms with Gasteiger partial charge in [-0.15, -0.1) is 0 Å². The standard InChI is InChI=1S/C18H15FN6O2S/c1-12-10-17(25-18(22-12)20-11-21-25)23-14-6-8-16(9-7-14)28(26,27)24-15-4-2-13(19)3-5-15/h2-11,23-24H,1H3. The monoisotopic (exact) mass is 398 g/mol. The van der Waals surface area contributed by atoms with Gasteiger partial charge in [0.15, 0.2) is 0 Å². The number of hydrogen-bond donors (Lipinski definition) is 2. The lowest BCUT2D eigenvalue weighted by molar-refractivity contribution is 0.601. The lowest BCUT2D eigenvalue weighted by Gasteiger charge is -2.11. The third-order valence-corrected chi connectivity index (χ3v) is 5.31. The first-order valence-electron chi connectivity index (χ1n) is 8.24. The van der Waals surface area contributed by atoms with Gasteiger partial charge in [-0.2, -0.15) is 14.6 Å². The van der Waals surface area contributed by atoms with E-state index < -0.39 is 15.8 Å². The van der Waals surface area contributed by atoms with E-state index in [1.807, 2.05) is 13.0 Å². The van der Waals surface area contributed by atoms with Gasteiger partial charge in [-0.1, -0.05) is 0 Å². The minimum absolute atomic E-state index is 0.0826. The van der Waals surface area contributed by atoms with Crippen molar-refractivity contribution in [3.05, 3.63) is 72.4 Å². The van der Waals surface area contributed by atoms with Crippen molar-refractivity contribution in [2.24, 2.45) is 0 Å². The van der Waals surface area contributed by atoms with Crippen molar-refractivity contribution in [3.8, 4) is 0 Å². The van der Waals surface area contributed by atoms with E-state index in [1.54, 1.807) is 16.6 Å². The van der Waals surface area contributed by atoms with Crippen molar-refractivity contribution >= 4 is 33.0 Å². The van der Waals surface area contributed by atoms with Crippen molar-refractivity contribution < 1.29 is 12.8 Å². The first-order valence-corrected chi connectivity index (χ1v) is 9.72. The molecule has 0 aliphatic carbocycles. The zero-order valence-electron chi connectivity index (χ0n) is 14.7. The number of fused-ring (bicyclic) bond motifs is 1. The number of rotatable bonds is 5. The molecule has 4 aromatic rings. The number of nitrogens with one attached hydrogen (secondary N) is 2. The summed E-state index contributed by atoms with van der Waals surface area (Å²) in [6, 6.07) is 13.1. The van der Waals surface area contributed by atoms with Crippen LogP contribution in [0.25, 0.3) is 5.78 Å². The molecular formula is C18H15FN6O2S. The van der Waals surface area contributed by atoms with E-state index >= 15 is 0 Å². The van der Waals surface area contributed by atoms with Gasteiger partial charge in [0.1, 0.15) is 18.0 Å². The number of anilines is 3. The second-order valence-corrected chi connectivity index (χ2v) is 7.70. The van der Waals surface area contributed by atoms with Crippen LogP contribution in [0.15, 0.2) is 65.8 Å². The molecule has 0 radical (unpaired) electrons. The summed E-state index contributed by atoms with van der Waals surface area (Å²) in [6.07, 6.45) is 1.41. The SMILES string of the molecule is Cc1cc(Nc2ccc(S(=O)(=O)Nc3ccc(F)cc3)cc2)n2ncnc2n1. The van der Waals surface area contributed by atoms with Gasteiger partial charge < -0.3 is 5.32 Å². The van der Waals surface area contributed by atoms with Gasteiger partial charge in [-0.05, 0) is 55.5 Å². The minimum Gasteiger partial charge on any atom is -0.340 e. The van der Waals surface area contributed by atoms with Gasteiger partial charge in [0, 0.05) is 23.1 Å². The zero-order valence-corrected chi connectivity index (χ0v) is 15.5. The number of halogens is 1. The van der Waals surface area contributed by atoms with E-state index in [0.717, 1.165) is 5.69 Å². The number of hydrogen-bond acceptors (Lipinski definition) is 6. The lowest BCUT2D eigenvalue weighted by atomic mass is 10.3. The molecule has 0 atom stereocenters. The molecule has 142 valence electrons. The molecule has 28 heavy (non-hydrogen) atoms. The van der Waals surface area contributed by atoms with Gasteiger partial charge in [-0.3, -0.25) is 4.72 Å². The van der Waals surface area contributed by atoms with E-state index in [0.29, 0.717) is 17.3 Å². The predicted octanol–water partition coefficient (Wildman–Crippen LogP) is 3.12. The van der Waals surface area contributed by atoms with Crippen LogP contribution in [-0.2, 0) is 10.0 Å². The summed E-state index contributed by atoms with van der Waals surface area (Å²) in [6.45, 7) is 1.84. The number of benzene rings is 2. The van der Waals surface area contributed by atoms with Crippen LogP contribution in [0.5, 0.6) is 0 Å².